The van der Waals surface area contributed by atoms with Crippen molar-refractivity contribution in [3.63, 3.8) is 0 Å². The highest BCUT2D eigenvalue weighted by atomic mass is 127. The molecular weight excluding hydrogens is 471 g/mol. The lowest BCUT2D eigenvalue weighted by molar-refractivity contribution is 0.156. The van der Waals surface area contributed by atoms with Gasteiger partial charge in [-0.1, -0.05) is 30.3 Å². The van der Waals surface area contributed by atoms with Crippen molar-refractivity contribution < 1.29 is 4.74 Å². The highest BCUT2D eigenvalue weighted by Crippen LogP contribution is 2.38. The van der Waals surface area contributed by atoms with Crippen LogP contribution in [0.1, 0.15) is 24.8 Å². The molecule has 1 unspecified atom stereocenters. The summed E-state index contributed by atoms with van der Waals surface area (Å²) in [4.78, 5) is 12.0. The van der Waals surface area contributed by atoms with E-state index in [4.69, 9.17) is 14.7 Å². The van der Waals surface area contributed by atoms with Crippen LogP contribution in [-0.4, -0.2) is 48.7 Å². The molecule has 1 atom stereocenters. The highest BCUT2D eigenvalue weighted by molar-refractivity contribution is 14.0. The van der Waals surface area contributed by atoms with E-state index in [-0.39, 0.29) is 24.0 Å². The van der Waals surface area contributed by atoms with Gasteiger partial charge >= 0.3 is 0 Å². The van der Waals surface area contributed by atoms with Gasteiger partial charge in [0.15, 0.2) is 5.96 Å². The Hall–Kier alpha value is -1.19. The zero-order valence-corrected chi connectivity index (χ0v) is 18.8. The van der Waals surface area contributed by atoms with Crippen molar-refractivity contribution in [3.8, 4) is 11.3 Å². The molecule has 1 aromatic carbocycles. The first kappa shape index (κ1) is 20.5. The van der Waals surface area contributed by atoms with E-state index in [0.717, 1.165) is 55.1 Å². The van der Waals surface area contributed by atoms with Crippen LogP contribution < -0.4 is 5.32 Å². The fourth-order valence-corrected chi connectivity index (χ4v) is 4.51. The number of benzene rings is 1. The van der Waals surface area contributed by atoms with Crippen molar-refractivity contribution in [1.82, 2.24) is 15.2 Å². The molecule has 0 saturated carbocycles. The number of guanidine groups is 1. The van der Waals surface area contributed by atoms with Gasteiger partial charge in [0, 0.05) is 42.6 Å². The summed E-state index contributed by atoms with van der Waals surface area (Å²) in [5, 5.41) is 6.62. The molecule has 2 aromatic rings. The van der Waals surface area contributed by atoms with E-state index in [9.17, 15) is 0 Å². The molecule has 2 aliphatic rings. The number of hydrogen-bond acceptors (Lipinski definition) is 4. The Balaban J connectivity index is 0.00000210. The standard InChI is InChI=1S/C20H26N4OS.HI/c1-2-21-19(24-10-8-20(14-24)9-11-25-15-20)22-12-18-23-17(13-26-18)16-6-4-3-5-7-16;/h3-7,13H,2,8-12,14-15H2,1H3,(H,21,22);1H. The second kappa shape index (κ2) is 9.34. The zero-order chi connectivity index (χ0) is 17.8. The Morgan fingerprint density at radius 2 is 2.19 bits per heavy atom. The zero-order valence-electron chi connectivity index (χ0n) is 15.7. The largest absolute Gasteiger partial charge is 0.381 e. The highest BCUT2D eigenvalue weighted by Gasteiger charge is 2.42. The van der Waals surface area contributed by atoms with E-state index in [1.807, 2.05) is 18.2 Å². The predicted molar refractivity (Wildman–Crippen MR) is 122 cm³/mol. The fraction of sp³-hybridized carbons (Fsp3) is 0.500. The monoisotopic (exact) mass is 498 g/mol. The van der Waals surface area contributed by atoms with Gasteiger partial charge in [-0.3, -0.25) is 0 Å². The molecule has 146 valence electrons. The van der Waals surface area contributed by atoms with E-state index in [1.54, 1.807) is 11.3 Å². The molecule has 0 bridgehead atoms. The Bertz CT molecular complexity index is 758. The summed E-state index contributed by atoms with van der Waals surface area (Å²) in [5.74, 6) is 1.01. The summed E-state index contributed by atoms with van der Waals surface area (Å²) >= 11 is 1.68. The van der Waals surface area contributed by atoms with Gasteiger partial charge in [0.25, 0.3) is 0 Å². The van der Waals surface area contributed by atoms with E-state index < -0.39 is 0 Å². The molecule has 2 aliphatic heterocycles. The summed E-state index contributed by atoms with van der Waals surface area (Å²) in [7, 11) is 0. The number of nitrogens with zero attached hydrogens (tertiary/aromatic N) is 3. The Morgan fingerprint density at radius 3 is 2.93 bits per heavy atom. The third kappa shape index (κ3) is 4.81. The van der Waals surface area contributed by atoms with Gasteiger partial charge in [0.2, 0.25) is 0 Å². The lowest BCUT2D eigenvalue weighted by Crippen LogP contribution is -2.41. The van der Waals surface area contributed by atoms with E-state index >= 15 is 0 Å². The van der Waals surface area contributed by atoms with Crippen molar-refractivity contribution >= 4 is 41.3 Å². The molecule has 5 nitrogen and oxygen atoms in total. The minimum atomic E-state index is 0. The van der Waals surface area contributed by atoms with Gasteiger partial charge in [0.1, 0.15) is 5.01 Å². The van der Waals surface area contributed by atoms with Crippen molar-refractivity contribution in [2.75, 3.05) is 32.8 Å². The number of halogens is 1. The molecule has 27 heavy (non-hydrogen) atoms. The van der Waals surface area contributed by atoms with E-state index in [1.165, 1.54) is 12.8 Å². The number of ether oxygens (including phenoxy) is 1. The summed E-state index contributed by atoms with van der Waals surface area (Å²) in [6, 6.07) is 10.3. The molecule has 2 saturated heterocycles. The van der Waals surface area contributed by atoms with Gasteiger partial charge in [-0.2, -0.15) is 0 Å². The molecular formula is C20H27IN4OS. The van der Waals surface area contributed by atoms with Crippen LogP contribution in [0.2, 0.25) is 0 Å². The van der Waals surface area contributed by atoms with Crippen molar-refractivity contribution in [3.05, 3.63) is 40.7 Å². The molecule has 2 fully saturated rings. The minimum absolute atomic E-state index is 0. The van der Waals surface area contributed by atoms with Crippen LogP contribution in [0.5, 0.6) is 0 Å². The molecule has 0 radical (unpaired) electrons. The maximum Gasteiger partial charge on any atom is 0.194 e. The van der Waals surface area contributed by atoms with Crippen LogP contribution in [0, 0.1) is 5.41 Å². The van der Waals surface area contributed by atoms with Gasteiger partial charge in [-0.25, -0.2) is 9.98 Å². The van der Waals surface area contributed by atoms with E-state index in [2.05, 4.69) is 34.7 Å². The number of likely N-dealkylation sites (tertiary alicyclic amines) is 1. The van der Waals surface area contributed by atoms with Crippen LogP contribution in [0.3, 0.4) is 0 Å². The predicted octanol–water partition coefficient (Wildman–Crippen LogP) is 4.01. The van der Waals surface area contributed by atoms with Crippen molar-refractivity contribution in [2.24, 2.45) is 10.4 Å². The second-order valence-electron chi connectivity index (χ2n) is 7.14. The average Bonchev–Trinajstić information content (AvgIpc) is 3.42. The molecule has 3 heterocycles. The maximum atomic E-state index is 5.65. The molecule has 0 amide bonds. The summed E-state index contributed by atoms with van der Waals surface area (Å²) in [6.45, 7) is 7.54. The number of nitrogens with one attached hydrogen (secondary N) is 1. The normalized spacial score (nSPS) is 22.3. The molecule has 1 aromatic heterocycles. The third-order valence-electron chi connectivity index (χ3n) is 5.24. The first-order valence-corrected chi connectivity index (χ1v) is 10.3. The van der Waals surface area contributed by atoms with Gasteiger partial charge in [0.05, 0.1) is 18.8 Å². The Kier molecular flexibility index (Phi) is 7.10. The minimum Gasteiger partial charge on any atom is -0.381 e. The van der Waals surface area contributed by atoms with Gasteiger partial charge in [-0.15, -0.1) is 35.3 Å². The van der Waals surface area contributed by atoms with E-state index in [0.29, 0.717) is 12.0 Å². The number of aromatic nitrogens is 1. The van der Waals surface area contributed by atoms with Crippen LogP contribution in [0.15, 0.2) is 40.7 Å². The second-order valence-corrected chi connectivity index (χ2v) is 8.08. The lowest BCUT2D eigenvalue weighted by atomic mass is 9.87. The van der Waals surface area contributed by atoms with Crippen molar-refractivity contribution in [2.45, 2.75) is 26.3 Å². The Labute approximate surface area is 182 Å². The van der Waals surface area contributed by atoms with Crippen LogP contribution in [0.4, 0.5) is 0 Å². The van der Waals surface area contributed by atoms with Crippen LogP contribution in [-0.2, 0) is 11.3 Å². The first-order chi connectivity index (χ1) is 12.8. The van der Waals surface area contributed by atoms with Crippen LogP contribution >= 0.6 is 35.3 Å². The fourth-order valence-electron chi connectivity index (χ4n) is 3.78. The smallest absolute Gasteiger partial charge is 0.194 e. The topological polar surface area (TPSA) is 49.8 Å². The summed E-state index contributed by atoms with van der Waals surface area (Å²) in [5.41, 5.74) is 2.54. The SMILES string of the molecule is CCNC(=NCc1nc(-c2ccccc2)cs1)N1CCC2(CCOC2)C1.I. The third-order valence-corrected chi connectivity index (χ3v) is 6.08. The number of thiazole rings is 1. The molecule has 7 heteroatoms. The average molecular weight is 498 g/mol. The van der Waals surface area contributed by atoms with Crippen LogP contribution in [0.25, 0.3) is 11.3 Å². The lowest BCUT2D eigenvalue weighted by Gasteiger charge is -2.24. The first-order valence-electron chi connectivity index (χ1n) is 9.39. The summed E-state index contributed by atoms with van der Waals surface area (Å²) < 4.78 is 5.65. The molecule has 1 N–H and O–H groups in total. The van der Waals surface area contributed by atoms with Gasteiger partial charge < -0.3 is 15.0 Å². The molecule has 0 aliphatic carbocycles. The number of aliphatic imine (C=N–C) groups is 1. The summed E-state index contributed by atoms with van der Waals surface area (Å²) in [6.07, 6.45) is 2.38. The Morgan fingerprint density at radius 1 is 1.33 bits per heavy atom. The quantitative estimate of drug-likeness (QED) is 0.394. The number of rotatable bonds is 4. The molecule has 1 spiro atoms. The molecule has 4 rings (SSSR count). The van der Waals surface area contributed by atoms with Gasteiger partial charge in [-0.05, 0) is 19.8 Å². The maximum absolute atomic E-state index is 5.65. The van der Waals surface area contributed by atoms with Crippen molar-refractivity contribution in [1.29, 1.82) is 0 Å². The number of hydrogen-bond donors (Lipinski definition) is 1.